The monoisotopic (exact) mass is 364 g/mol. The van der Waals surface area contributed by atoms with E-state index >= 15 is 0 Å². The number of aryl methyl sites for hydroxylation is 1. The van der Waals surface area contributed by atoms with Crippen LogP contribution in [0.3, 0.4) is 0 Å². The maximum atomic E-state index is 6.05. The Kier molecular flexibility index (Phi) is 4.42. The third-order valence-electron chi connectivity index (χ3n) is 5.70. The molecule has 2 nitrogen and oxygen atoms in total. The number of aromatic nitrogens is 1. The van der Waals surface area contributed by atoms with Crippen LogP contribution in [-0.4, -0.2) is 23.1 Å². The van der Waals surface area contributed by atoms with Crippen LogP contribution in [0, 0.1) is 6.92 Å². The molecule has 2 aromatic carbocycles. The van der Waals surface area contributed by atoms with Crippen molar-refractivity contribution in [3.63, 3.8) is 0 Å². The summed E-state index contributed by atoms with van der Waals surface area (Å²) in [5, 5.41) is 2.18. The van der Waals surface area contributed by atoms with Crippen molar-refractivity contribution in [3.05, 3.63) is 69.9 Å². The van der Waals surface area contributed by atoms with E-state index in [4.69, 9.17) is 11.6 Å². The van der Waals surface area contributed by atoms with E-state index in [1.54, 1.807) is 0 Å². The minimum Gasteiger partial charge on any atom is -0.318 e. The highest BCUT2D eigenvalue weighted by molar-refractivity contribution is 6.30. The van der Waals surface area contributed by atoms with Crippen LogP contribution in [0.1, 0.15) is 42.3 Å². The number of allylic oxidation sites excluding steroid dienone is 1. The van der Waals surface area contributed by atoms with Crippen LogP contribution >= 0.6 is 11.6 Å². The molecule has 1 aliphatic heterocycles. The minimum absolute atomic E-state index is 0.403. The van der Waals surface area contributed by atoms with Gasteiger partial charge in [-0.1, -0.05) is 35.4 Å². The summed E-state index contributed by atoms with van der Waals surface area (Å²) in [6.07, 6.45) is 3.40. The van der Waals surface area contributed by atoms with Crippen molar-refractivity contribution in [2.45, 2.75) is 33.2 Å². The molecule has 0 spiro atoms. The van der Waals surface area contributed by atoms with Crippen LogP contribution in [0.4, 0.5) is 0 Å². The highest BCUT2D eigenvalue weighted by atomic mass is 35.5. The van der Waals surface area contributed by atoms with Crippen LogP contribution in [0.25, 0.3) is 22.7 Å². The number of likely N-dealkylation sites (N-methyl/N-ethyl adjacent to an activating group) is 1. The number of hydrogen-bond acceptors (Lipinski definition) is 1. The molecule has 1 unspecified atom stereocenters. The van der Waals surface area contributed by atoms with Gasteiger partial charge < -0.3 is 4.57 Å². The first-order chi connectivity index (χ1) is 12.5. The van der Waals surface area contributed by atoms with Gasteiger partial charge in [0.1, 0.15) is 0 Å². The van der Waals surface area contributed by atoms with Crippen molar-refractivity contribution in [3.8, 4) is 0 Å². The van der Waals surface area contributed by atoms with Gasteiger partial charge in [0.05, 0.1) is 5.52 Å². The Morgan fingerprint density at radius 2 is 1.88 bits per heavy atom. The van der Waals surface area contributed by atoms with Gasteiger partial charge in [-0.05, 0) is 75.2 Å². The third kappa shape index (κ3) is 2.87. The van der Waals surface area contributed by atoms with Crippen LogP contribution in [-0.2, 0) is 6.42 Å². The number of hydrogen-bond donors (Lipinski definition) is 0. The Balaban J connectivity index is 1.94. The Labute approximate surface area is 160 Å². The smallest absolute Gasteiger partial charge is 0.0529 e. The van der Waals surface area contributed by atoms with Crippen molar-refractivity contribution in [1.29, 1.82) is 0 Å². The second kappa shape index (κ2) is 6.61. The van der Waals surface area contributed by atoms with Gasteiger partial charge in [-0.15, -0.1) is 0 Å². The molecule has 0 radical (unpaired) electrons. The van der Waals surface area contributed by atoms with E-state index in [9.17, 15) is 0 Å². The van der Waals surface area contributed by atoms with E-state index in [1.165, 1.54) is 38.9 Å². The van der Waals surface area contributed by atoms with Crippen molar-refractivity contribution in [2.24, 2.45) is 0 Å². The van der Waals surface area contributed by atoms with Gasteiger partial charge in [0.2, 0.25) is 0 Å². The lowest BCUT2D eigenvalue weighted by molar-refractivity contribution is 0.242. The summed E-state index contributed by atoms with van der Waals surface area (Å²) in [4.78, 5) is 2.44. The van der Waals surface area contributed by atoms with Gasteiger partial charge in [-0.2, -0.15) is 0 Å². The molecule has 26 heavy (non-hydrogen) atoms. The fourth-order valence-electron chi connectivity index (χ4n) is 4.04. The zero-order chi connectivity index (χ0) is 18.4. The third-order valence-corrected chi connectivity index (χ3v) is 5.95. The molecular formula is C23H25ClN2. The van der Waals surface area contributed by atoms with Gasteiger partial charge in [-0.3, -0.25) is 4.90 Å². The maximum Gasteiger partial charge on any atom is 0.0529 e. The lowest BCUT2D eigenvalue weighted by Gasteiger charge is -2.31. The summed E-state index contributed by atoms with van der Waals surface area (Å²) in [7, 11) is 2.22. The second-order valence-corrected chi connectivity index (χ2v) is 7.92. The Morgan fingerprint density at radius 3 is 2.62 bits per heavy atom. The molecule has 1 aromatic heterocycles. The van der Waals surface area contributed by atoms with Crippen molar-refractivity contribution in [2.75, 3.05) is 13.6 Å². The molecular weight excluding hydrogens is 340 g/mol. The fraction of sp³-hybridized carbons (Fsp3) is 0.304. The van der Waals surface area contributed by atoms with Gasteiger partial charge >= 0.3 is 0 Å². The summed E-state index contributed by atoms with van der Waals surface area (Å²) in [5.41, 5.74) is 8.00. The molecule has 0 saturated heterocycles. The van der Waals surface area contributed by atoms with Gasteiger partial charge in [-0.25, -0.2) is 0 Å². The molecule has 0 amide bonds. The lowest BCUT2D eigenvalue weighted by Crippen LogP contribution is -2.31. The quantitative estimate of drug-likeness (QED) is 0.527. The van der Waals surface area contributed by atoms with E-state index in [1.807, 2.05) is 12.1 Å². The molecule has 1 aliphatic rings. The summed E-state index contributed by atoms with van der Waals surface area (Å²) < 4.78 is 2.41. The van der Waals surface area contributed by atoms with E-state index in [0.717, 1.165) is 18.0 Å². The average Bonchev–Trinajstić information content (AvgIpc) is 2.92. The predicted octanol–water partition coefficient (Wildman–Crippen LogP) is 6.17. The first kappa shape index (κ1) is 17.4. The van der Waals surface area contributed by atoms with Gasteiger partial charge in [0.15, 0.2) is 0 Å². The summed E-state index contributed by atoms with van der Waals surface area (Å²) in [6.45, 7) is 7.77. The molecule has 4 rings (SSSR count). The standard InChI is InChI=1S/C23H25ClN2/c1-15-5-10-22-21(13-15)20-11-12-25(4)17(3)23(20)26(22)14-16(2)18-6-8-19(24)9-7-18/h5-10,13-14,17H,11-12H2,1-4H3. The Bertz CT molecular complexity index is 995. The number of halogens is 1. The first-order valence-corrected chi connectivity index (χ1v) is 9.61. The number of fused-ring (bicyclic) bond motifs is 3. The normalized spacial score (nSPS) is 18.3. The van der Waals surface area contributed by atoms with Gasteiger partial charge in [0, 0.05) is 34.9 Å². The zero-order valence-electron chi connectivity index (χ0n) is 15.9. The summed E-state index contributed by atoms with van der Waals surface area (Å²) in [5.74, 6) is 0. The Morgan fingerprint density at radius 1 is 1.15 bits per heavy atom. The predicted molar refractivity (Wildman–Crippen MR) is 113 cm³/mol. The zero-order valence-corrected chi connectivity index (χ0v) is 16.6. The highest BCUT2D eigenvalue weighted by Crippen LogP contribution is 2.37. The lowest BCUT2D eigenvalue weighted by atomic mass is 9.98. The molecule has 0 N–H and O–H groups in total. The number of benzene rings is 2. The second-order valence-electron chi connectivity index (χ2n) is 7.48. The van der Waals surface area contributed by atoms with Crippen LogP contribution < -0.4 is 0 Å². The van der Waals surface area contributed by atoms with Crippen molar-refractivity contribution >= 4 is 34.3 Å². The van der Waals surface area contributed by atoms with E-state index in [-0.39, 0.29) is 0 Å². The number of rotatable bonds is 2. The molecule has 0 bridgehead atoms. The van der Waals surface area contributed by atoms with E-state index in [0.29, 0.717) is 6.04 Å². The Hall–Kier alpha value is -2.03. The molecule has 3 aromatic rings. The van der Waals surface area contributed by atoms with Crippen LogP contribution in [0.5, 0.6) is 0 Å². The molecule has 0 fully saturated rings. The molecule has 2 heterocycles. The summed E-state index contributed by atoms with van der Waals surface area (Å²) >= 11 is 6.05. The fourth-order valence-corrected chi connectivity index (χ4v) is 4.17. The van der Waals surface area contributed by atoms with Crippen molar-refractivity contribution in [1.82, 2.24) is 9.47 Å². The maximum absolute atomic E-state index is 6.05. The van der Waals surface area contributed by atoms with Gasteiger partial charge in [0.25, 0.3) is 0 Å². The largest absolute Gasteiger partial charge is 0.318 e. The summed E-state index contributed by atoms with van der Waals surface area (Å²) in [6, 6.07) is 15.3. The molecule has 0 aliphatic carbocycles. The minimum atomic E-state index is 0.403. The molecule has 134 valence electrons. The number of nitrogens with zero attached hydrogens (tertiary/aromatic N) is 2. The van der Waals surface area contributed by atoms with Crippen molar-refractivity contribution < 1.29 is 0 Å². The van der Waals surface area contributed by atoms with E-state index < -0.39 is 0 Å². The topological polar surface area (TPSA) is 8.17 Å². The van der Waals surface area contributed by atoms with E-state index in [2.05, 4.69) is 73.8 Å². The molecule has 0 saturated carbocycles. The van der Waals surface area contributed by atoms with Crippen LogP contribution in [0.15, 0.2) is 42.5 Å². The average molecular weight is 365 g/mol. The molecule has 1 atom stereocenters. The first-order valence-electron chi connectivity index (χ1n) is 9.23. The SMILES string of the molecule is CC(=Cn1c2c(c3cc(C)ccc31)CCN(C)C2C)c1ccc(Cl)cc1. The van der Waals surface area contributed by atoms with Crippen LogP contribution in [0.2, 0.25) is 5.02 Å². The molecule has 3 heteroatoms. The highest BCUT2D eigenvalue weighted by Gasteiger charge is 2.27.